The van der Waals surface area contributed by atoms with E-state index in [1.54, 1.807) is 12.1 Å². The molecule has 1 atom stereocenters. The van der Waals surface area contributed by atoms with Gasteiger partial charge in [-0.15, -0.1) is 0 Å². The van der Waals surface area contributed by atoms with E-state index in [1.165, 1.54) is 19.8 Å². The Hall–Kier alpha value is -3.70. The number of rotatable bonds is 8. The molecule has 0 saturated carbocycles. The van der Waals surface area contributed by atoms with Crippen LogP contribution >= 0.6 is 11.6 Å². The predicted molar refractivity (Wildman–Crippen MR) is 143 cm³/mol. The first-order valence-corrected chi connectivity index (χ1v) is 12.1. The van der Waals surface area contributed by atoms with Crippen LogP contribution in [-0.2, 0) is 11.2 Å². The molecule has 6 heteroatoms. The SMILES string of the molecule is COc1c(OC)c(OC(C)c2ccc(C)cc2)c2ccc(Cl)cc2c1OC(=O)Cc1ccccc1C. The van der Waals surface area contributed by atoms with E-state index in [1.807, 2.05) is 75.4 Å². The number of ether oxygens (including phenoxy) is 4. The topological polar surface area (TPSA) is 54.0 Å². The standard InChI is InChI=1S/C30H29ClO5/c1-18-10-12-21(13-11-18)20(3)35-27-24-15-14-23(31)17-25(24)28(30(34-5)29(27)33-4)36-26(32)16-22-9-7-6-8-19(22)2/h6-15,17,20H,16H2,1-5H3. The molecule has 0 radical (unpaired) electrons. The van der Waals surface area contributed by atoms with Crippen LogP contribution in [0.5, 0.6) is 23.0 Å². The second kappa shape index (κ2) is 10.9. The van der Waals surface area contributed by atoms with Crippen LogP contribution in [-0.4, -0.2) is 20.2 Å². The average molecular weight is 505 g/mol. The fourth-order valence-electron chi connectivity index (χ4n) is 4.14. The molecular formula is C30H29ClO5. The molecule has 0 saturated heterocycles. The third-order valence-corrected chi connectivity index (χ3v) is 6.39. The number of hydrogen-bond acceptors (Lipinski definition) is 5. The minimum Gasteiger partial charge on any atom is -0.490 e. The van der Waals surface area contributed by atoms with Gasteiger partial charge in [-0.1, -0.05) is 65.7 Å². The Morgan fingerprint density at radius 2 is 1.50 bits per heavy atom. The summed E-state index contributed by atoms with van der Waals surface area (Å²) >= 11 is 6.36. The van der Waals surface area contributed by atoms with Gasteiger partial charge in [0.25, 0.3) is 0 Å². The molecule has 36 heavy (non-hydrogen) atoms. The quantitative estimate of drug-likeness (QED) is 0.184. The first-order chi connectivity index (χ1) is 17.3. The first kappa shape index (κ1) is 25.4. The van der Waals surface area contributed by atoms with Gasteiger partial charge in [0.05, 0.1) is 20.6 Å². The Morgan fingerprint density at radius 3 is 2.17 bits per heavy atom. The molecule has 0 aliphatic rings. The van der Waals surface area contributed by atoms with Crippen LogP contribution in [0.25, 0.3) is 10.8 Å². The number of aryl methyl sites for hydroxylation is 2. The van der Waals surface area contributed by atoms with Gasteiger partial charge in [-0.3, -0.25) is 4.79 Å². The van der Waals surface area contributed by atoms with E-state index in [2.05, 4.69) is 0 Å². The third kappa shape index (κ3) is 5.26. The van der Waals surface area contributed by atoms with Crippen molar-refractivity contribution in [2.24, 2.45) is 0 Å². The molecule has 0 N–H and O–H groups in total. The van der Waals surface area contributed by atoms with Crippen LogP contribution in [0.2, 0.25) is 5.02 Å². The van der Waals surface area contributed by atoms with Crippen LogP contribution in [0.15, 0.2) is 66.7 Å². The number of fused-ring (bicyclic) bond motifs is 1. The molecule has 0 aliphatic carbocycles. The van der Waals surface area contributed by atoms with Gasteiger partial charge in [0.2, 0.25) is 11.5 Å². The van der Waals surface area contributed by atoms with E-state index >= 15 is 0 Å². The lowest BCUT2D eigenvalue weighted by Gasteiger charge is -2.23. The summed E-state index contributed by atoms with van der Waals surface area (Å²) in [6.07, 6.45) is -0.166. The Labute approximate surface area is 216 Å². The van der Waals surface area contributed by atoms with E-state index in [0.29, 0.717) is 27.3 Å². The zero-order chi connectivity index (χ0) is 25.8. The van der Waals surface area contributed by atoms with Gasteiger partial charge in [-0.2, -0.15) is 0 Å². The van der Waals surface area contributed by atoms with Crippen molar-refractivity contribution in [3.8, 4) is 23.0 Å². The number of carbonyl (C=O) groups is 1. The number of esters is 1. The van der Waals surface area contributed by atoms with E-state index in [-0.39, 0.29) is 24.0 Å². The van der Waals surface area contributed by atoms with E-state index in [9.17, 15) is 4.79 Å². The molecule has 5 nitrogen and oxygen atoms in total. The predicted octanol–water partition coefficient (Wildman–Crippen LogP) is 7.42. The van der Waals surface area contributed by atoms with E-state index in [4.69, 9.17) is 30.5 Å². The monoisotopic (exact) mass is 504 g/mol. The maximum atomic E-state index is 13.0. The van der Waals surface area contributed by atoms with Gasteiger partial charge < -0.3 is 18.9 Å². The minimum atomic E-state index is -0.423. The van der Waals surface area contributed by atoms with Crippen LogP contribution in [0, 0.1) is 13.8 Å². The molecule has 0 heterocycles. The lowest BCUT2D eigenvalue weighted by atomic mass is 10.0. The Bertz CT molecular complexity index is 1400. The Balaban J connectivity index is 1.80. The zero-order valence-electron chi connectivity index (χ0n) is 21.1. The summed E-state index contributed by atoms with van der Waals surface area (Å²) in [6, 6.07) is 21.2. The molecule has 0 aliphatic heterocycles. The van der Waals surface area contributed by atoms with E-state index in [0.717, 1.165) is 16.7 Å². The third-order valence-electron chi connectivity index (χ3n) is 6.15. The first-order valence-electron chi connectivity index (χ1n) is 11.7. The van der Waals surface area contributed by atoms with Crippen molar-refractivity contribution in [3.63, 3.8) is 0 Å². The fourth-order valence-corrected chi connectivity index (χ4v) is 4.31. The average Bonchev–Trinajstić information content (AvgIpc) is 2.86. The lowest BCUT2D eigenvalue weighted by Crippen LogP contribution is -2.14. The summed E-state index contributed by atoms with van der Waals surface area (Å²) in [5.74, 6) is 0.891. The van der Waals surface area contributed by atoms with Crippen molar-refractivity contribution in [1.82, 2.24) is 0 Å². The number of methoxy groups -OCH3 is 2. The van der Waals surface area contributed by atoms with Gasteiger partial charge >= 0.3 is 5.97 Å². The van der Waals surface area contributed by atoms with Crippen molar-refractivity contribution >= 4 is 28.3 Å². The molecule has 0 bridgehead atoms. The molecule has 0 fully saturated rings. The molecule has 0 amide bonds. The largest absolute Gasteiger partial charge is 0.490 e. The molecule has 1 unspecified atom stereocenters. The maximum Gasteiger partial charge on any atom is 0.315 e. The van der Waals surface area contributed by atoms with Crippen molar-refractivity contribution in [3.05, 3.63) is 94.0 Å². The highest BCUT2D eigenvalue weighted by Gasteiger charge is 2.27. The molecular weight excluding hydrogens is 476 g/mol. The van der Waals surface area contributed by atoms with Crippen LogP contribution < -0.4 is 18.9 Å². The van der Waals surface area contributed by atoms with E-state index < -0.39 is 5.97 Å². The van der Waals surface area contributed by atoms with Crippen LogP contribution in [0.1, 0.15) is 35.3 Å². The normalized spacial score (nSPS) is 11.7. The molecule has 4 aromatic rings. The molecule has 0 spiro atoms. The minimum absolute atomic E-state index is 0.114. The van der Waals surface area contributed by atoms with Crippen LogP contribution in [0.3, 0.4) is 0 Å². The number of benzene rings is 4. The Morgan fingerprint density at radius 1 is 0.833 bits per heavy atom. The van der Waals surface area contributed by atoms with Gasteiger partial charge in [-0.05, 0) is 55.7 Å². The summed E-state index contributed by atoms with van der Waals surface area (Å²) in [4.78, 5) is 13.0. The molecule has 4 rings (SSSR count). The highest BCUT2D eigenvalue weighted by atomic mass is 35.5. The van der Waals surface area contributed by atoms with Crippen molar-refractivity contribution < 1.29 is 23.7 Å². The number of halogens is 1. The lowest BCUT2D eigenvalue weighted by molar-refractivity contribution is -0.133. The second-order valence-electron chi connectivity index (χ2n) is 8.66. The van der Waals surface area contributed by atoms with Crippen molar-refractivity contribution in [2.45, 2.75) is 33.3 Å². The number of carbonyl (C=O) groups excluding carboxylic acids is 1. The summed E-state index contributed by atoms with van der Waals surface area (Å²) in [5, 5.41) is 1.77. The summed E-state index contributed by atoms with van der Waals surface area (Å²) in [5.41, 5.74) is 4.09. The fraction of sp³-hybridized carbons (Fsp3) is 0.233. The highest BCUT2D eigenvalue weighted by molar-refractivity contribution is 6.31. The summed E-state index contributed by atoms with van der Waals surface area (Å²) in [6.45, 7) is 5.97. The molecule has 4 aromatic carbocycles. The Kier molecular flexibility index (Phi) is 7.70. The van der Waals surface area contributed by atoms with Crippen molar-refractivity contribution in [2.75, 3.05) is 14.2 Å². The number of hydrogen-bond donors (Lipinski definition) is 0. The highest BCUT2D eigenvalue weighted by Crippen LogP contribution is 2.52. The van der Waals surface area contributed by atoms with Gasteiger partial charge in [-0.25, -0.2) is 0 Å². The maximum absolute atomic E-state index is 13.0. The smallest absolute Gasteiger partial charge is 0.315 e. The summed E-state index contributed by atoms with van der Waals surface area (Å²) in [7, 11) is 3.03. The summed E-state index contributed by atoms with van der Waals surface area (Å²) < 4.78 is 23.8. The van der Waals surface area contributed by atoms with Gasteiger partial charge in [0.1, 0.15) is 6.10 Å². The molecule has 186 valence electrons. The van der Waals surface area contributed by atoms with Gasteiger partial charge in [0, 0.05) is 15.8 Å². The second-order valence-corrected chi connectivity index (χ2v) is 9.10. The molecule has 0 aromatic heterocycles. The van der Waals surface area contributed by atoms with Crippen molar-refractivity contribution in [1.29, 1.82) is 0 Å². The zero-order valence-corrected chi connectivity index (χ0v) is 21.8. The van der Waals surface area contributed by atoms with Crippen LogP contribution in [0.4, 0.5) is 0 Å². The van der Waals surface area contributed by atoms with Gasteiger partial charge in [0.15, 0.2) is 11.5 Å².